The molecule has 0 unspecified atom stereocenters. The van der Waals surface area contributed by atoms with E-state index in [9.17, 15) is 9.59 Å². The molecule has 0 spiro atoms. The number of amides is 2. The first-order valence-electron chi connectivity index (χ1n) is 9.36. The summed E-state index contributed by atoms with van der Waals surface area (Å²) in [5, 5.41) is 11.5. The van der Waals surface area contributed by atoms with Gasteiger partial charge < -0.3 is 20.7 Å². The van der Waals surface area contributed by atoms with Crippen molar-refractivity contribution in [1.29, 1.82) is 0 Å². The van der Waals surface area contributed by atoms with E-state index in [1.165, 1.54) is 0 Å². The van der Waals surface area contributed by atoms with Crippen LogP contribution in [0.3, 0.4) is 0 Å². The molecule has 0 aliphatic heterocycles. The largest absolute Gasteiger partial charge is 0.491 e. The molecule has 2 amide bonds. The number of rotatable bonds is 6. The van der Waals surface area contributed by atoms with Crippen LogP contribution in [-0.4, -0.2) is 28.1 Å². The van der Waals surface area contributed by atoms with Crippen molar-refractivity contribution < 1.29 is 14.3 Å². The van der Waals surface area contributed by atoms with Crippen LogP contribution < -0.4 is 26.0 Å². The maximum absolute atomic E-state index is 12.4. The second-order valence-corrected chi connectivity index (χ2v) is 7.35. The van der Waals surface area contributed by atoms with Gasteiger partial charge in [-0.15, -0.1) is 0 Å². The lowest BCUT2D eigenvalue weighted by Gasteiger charge is -2.13. The molecule has 0 fully saturated rings. The zero-order valence-electron chi connectivity index (χ0n) is 16.9. The van der Waals surface area contributed by atoms with Gasteiger partial charge in [0, 0.05) is 23.4 Å². The third-order valence-corrected chi connectivity index (χ3v) is 4.08. The minimum absolute atomic E-state index is 0.0146. The molecule has 4 N–H and O–H groups in total. The van der Waals surface area contributed by atoms with Crippen molar-refractivity contribution in [2.24, 2.45) is 0 Å². The Hall–Kier alpha value is -3.04. The second kappa shape index (κ2) is 11.2. The smallest absolute Gasteiger partial charge is 0.257 e. The van der Waals surface area contributed by atoms with Crippen molar-refractivity contribution in [3.63, 3.8) is 0 Å². The molecule has 0 aliphatic rings. The number of carbonyl (C=O) groups is 2. The first-order valence-corrected chi connectivity index (χ1v) is 10.2. The Balaban J connectivity index is 1.89. The summed E-state index contributed by atoms with van der Waals surface area (Å²) in [7, 11) is 0. The van der Waals surface area contributed by atoms with Crippen LogP contribution in [0, 0.1) is 0 Å². The van der Waals surface area contributed by atoms with E-state index in [2.05, 4.69) is 21.3 Å². The fourth-order valence-electron chi connectivity index (χ4n) is 2.33. The standard InChI is InChI=1S/C21H24N4O3S2/c1-4-18(26)24-20(29)22-15-8-10-16(11-9-15)23-21(30)25-19(27)14-6-5-7-17(12-14)28-13(2)3/h5-13H,4H2,1-3H3,(H2,22,24,26,29)(H2,23,25,27,30). The molecule has 2 aromatic carbocycles. The average molecular weight is 445 g/mol. The molecule has 30 heavy (non-hydrogen) atoms. The van der Waals surface area contributed by atoms with E-state index in [0.29, 0.717) is 29.1 Å². The summed E-state index contributed by atoms with van der Waals surface area (Å²) in [6.45, 7) is 5.58. The lowest BCUT2D eigenvalue weighted by atomic mass is 10.2. The molecule has 0 aliphatic carbocycles. The molecule has 0 bridgehead atoms. The van der Waals surface area contributed by atoms with Gasteiger partial charge in [0.1, 0.15) is 5.75 Å². The lowest BCUT2D eigenvalue weighted by molar-refractivity contribution is -0.119. The number of hydrogen-bond donors (Lipinski definition) is 4. The zero-order valence-corrected chi connectivity index (χ0v) is 18.6. The van der Waals surface area contributed by atoms with Crippen molar-refractivity contribution in [3.05, 3.63) is 54.1 Å². The summed E-state index contributed by atoms with van der Waals surface area (Å²) in [6, 6.07) is 14.0. The molecule has 0 radical (unpaired) electrons. The molecule has 158 valence electrons. The van der Waals surface area contributed by atoms with E-state index in [0.717, 1.165) is 0 Å². The van der Waals surface area contributed by atoms with Crippen molar-refractivity contribution in [3.8, 4) is 5.75 Å². The first-order chi connectivity index (χ1) is 14.3. The summed E-state index contributed by atoms with van der Waals surface area (Å²) >= 11 is 10.3. The third kappa shape index (κ3) is 7.76. The minimum atomic E-state index is -0.336. The fraction of sp³-hybridized carbons (Fsp3) is 0.238. The van der Waals surface area contributed by atoms with Gasteiger partial charge in [0.15, 0.2) is 10.2 Å². The van der Waals surface area contributed by atoms with Crippen LogP contribution in [0.2, 0.25) is 0 Å². The van der Waals surface area contributed by atoms with Crippen molar-refractivity contribution in [2.45, 2.75) is 33.3 Å². The number of anilines is 2. The highest BCUT2D eigenvalue weighted by Crippen LogP contribution is 2.16. The second-order valence-electron chi connectivity index (χ2n) is 6.54. The summed E-state index contributed by atoms with van der Waals surface area (Å²) in [6.07, 6.45) is 0.365. The van der Waals surface area contributed by atoms with Crippen LogP contribution in [0.4, 0.5) is 11.4 Å². The van der Waals surface area contributed by atoms with E-state index in [1.54, 1.807) is 55.5 Å². The normalized spacial score (nSPS) is 10.1. The van der Waals surface area contributed by atoms with Crippen LogP contribution in [-0.2, 0) is 4.79 Å². The summed E-state index contributed by atoms with van der Waals surface area (Å²) in [4.78, 5) is 23.8. The Morgan fingerprint density at radius 1 is 0.933 bits per heavy atom. The first kappa shape index (κ1) is 23.2. The Kier molecular flexibility index (Phi) is 8.70. The summed E-state index contributed by atoms with van der Waals surface area (Å²) in [5.74, 6) is 0.123. The number of thiocarbonyl (C=S) groups is 2. The maximum Gasteiger partial charge on any atom is 0.257 e. The van der Waals surface area contributed by atoms with Gasteiger partial charge in [-0.05, 0) is 80.7 Å². The number of nitrogens with one attached hydrogen (secondary N) is 4. The highest BCUT2D eigenvalue weighted by atomic mass is 32.1. The number of ether oxygens (including phenoxy) is 1. The van der Waals surface area contributed by atoms with E-state index in [1.807, 2.05) is 13.8 Å². The molecule has 0 saturated heterocycles. The van der Waals surface area contributed by atoms with Crippen LogP contribution >= 0.6 is 24.4 Å². The van der Waals surface area contributed by atoms with Gasteiger partial charge in [0.05, 0.1) is 6.10 Å². The monoisotopic (exact) mass is 444 g/mol. The lowest BCUT2D eigenvalue weighted by Crippen LogP contribution is -2.34. The quantitative estimate of drug-likeness (QED) is 0.504. The Morgan fingerprint density at radius 3 is 2.03 bits per heavy atom. The molecule has 9 heteroatoms. The minimum Gasteiger partial charge on any atom is -0.491 e. The van der Waals surface area contributed by atoms with Crippen molar-refractivity contribution in [1.82, 2.24) is 10.6 Å². The molecule has 0 atom stereocenters. The Labute approximate surface area is 186 Å². The van der Waals surface area contributed by atoms with E-state index in [-0.39, 0.29) is 28.1 Å². The van der Waals surface area contributed by atoms with Gasteiger partial charge >= 0.3 is 0 Å². The van der Waals surface area contributed by atoms with Crippen LogP contribution in [0.5, 0.6) is 5.75 Å². The van der Waals surface area contributed by atoms with E-state index < -0.39 is 0 Å². The van der Waals surface area contributed by atoms with Gasteiger partial charge in [0.2, 0.25) is 5.91 Å². The van der Waals surface area contributed by atoms with Gasteiger partial charge in [-0.1, -0.05) is 13.0 Å². The Morgan fingerprint density at radius 2 is 1.50 bits per heavy atom. The molecular weight excluding hydrogens is 420 g/mol. The topological polar surface area (TPSA) is 91.5 Å². The van der Waals surface area contributed by atoms with Gasteiger partial charge in [0.25, 0.3) is 5.91 Å². The number of hydrogen-bond acceptors (Lipinski definition) is 5. The third-order valence-electron chi connectivity index (χ3n) is 3.67. The molecule has 2 aromatic rings. The SMILES string of the molecule is CCC(=O)NC(=S)Nc1ccc(NC(=S)NC(=O)c2cccc(OC(C)C)c2)cc1. The van der Waals surface area contributed by atoms with Crippen molar-refractivity contribution in [2.75, 3.05) is 10.6 Å². The predicted molar refractivity (Wildman–Crippen MR) is 127 cm³/mol. The fourth-order valence-corrected chi connectivity index (χ4v) is 2.78. The van der Waals surface area contributed by atoms with Crippen LogP contribution in [0.1, 0.15) is 37.6 Å². The Bertz CT molecular complexity index is 930. The number of benzene rings is 2. The molecule has 0 aromatic heterocycles. The highest BCUT2D eigenvalue weighted by molar-refractivity contribution is 7.80. The molecule has 2 rings (SSSR count). The van der Waals surface area contributed by atoms with Crippen molar-refractivity contribution >= 4 is 57.8 Å². The molecule has 7 nitrogen and oxygen atoms in total. The summed E-state index contributed by atoms with van der Waals surface area (Å²) < 4.78 is 5.61. The maximum atomic E-state index is 12.4. The summed E-state index contributed by atoms with van der Waals surface area (Å²) in [5.41, 5.74) is 1.84. The van der Waals surface area contributed by atoms with E-state index in [4.69, 9.17) is 29.2 Å². The number of carbonyl (C=O) groups excluding carboxylic acids is 2. The van der Waals surface area contributed by atoms with Gasteiger partial charge in [-0.3, -0.25) is 14.9 Å². The van der Waals surface area contributed by atoms with Crippen LogP contribution in [0.25, 0.3) is 0 Å². The van der Waals surface area contributed by atoms with Gasteiger partial charge in [-0.25, -0.2) is 0 Å². The van der Waals surface area contributed by atoms with Crippen LogP contribution in [0.15, 0.2) is 48.5 Å². The van der Waals surface area contributed by atoms with Gasteiger partial charge in [-0.2, -0.15) is 0 Å². The average Bonchev–Trinajstić information content (AvgIpc) is 2.69. The zero-order chi connectivity index (χ0) is 22.1. The molecule has 0 heterocycles. The molecular formula is C21H24N4O3S2. The predicted octanol–water partition coefficient (Wildman–Crippen LogP) is 3.82. The molecule has 0 saturated carbocycles. The van der Waals surface area contributed by atoms with E-state index >= 15 is 0 Å². The highest BCUT2D eigenvalue weighted by Gasteiger charge is 2.10.